The molecule has 1 aromatic carbocycles. The summed E-state index contributed by atoms with van der Waals surface area (Å²) in [5.41, 5.74) is 1.39. The Morgan fingerprint density at radius 3 is 1.74 bits per heavy atom. The fraction of sp³-hybridized carbons (Fsp3) is 0.714. The van der Waals surface area contributed by atoms with Crippen LogP contribution in [0.5, 0.6) is 0 Å². The van der Waals surface area contributed by atoms with Gasteiger partial charge < -0.3 is 10.4 Å². The molecule has 0 aliphatic heterocycles. The average Bonchev–Trinajstić information content (AvgIpc) is 2.57. The Morgan fingerprint density at radius 1 is 0.739 bits per heavy atom. The Hall–Kier alpha value is -0.860. The molecule has 0 aliphatic rings. The summed E-state index contributed by atoms with van der Waals surface area (Å²) < 4.78 is 0. The van der Waals surface area contributed by atoms with Gasteiger partial charge in [-0.15, -0.1) is 0 Å². The van der Waals surface area contributed by atoms with Crippen molar-refractivity contribution in [1.82, 2.24) is 5.32 Å². The second-order valence-corrected chi connectivity index (χ2v) is 6.16. The van der Waals surface area contributed by atoms with Crippen molar-refractivity contribution in [2.24, 2.45) is 0 Å². The molecule has 0 unspecified atom stereocenters. The second kappa shape index (κ2) is 19.2. The molecule has 134 valence electrons. The summed E-state index contributed by atoms with van der Waals surface area (Å²) in [5, 5.41) is 11.1. The zero-order valence-electron chi connectivity index (χ0n) is 15.5. The lowest BCUT2D eigenvalue weighted by Crippen LogP contribution is -2.14. The molecule has 0 fully saturated rings. The molecule has 2 heteroatoms. The first-order valence-electron chi connectivity index (χ1n) is 9.70. The van der Waals surface area contributed by atoms with Gasteiger partial charge in [-0.2, -0.15) is 0 Å². The van der Waals surface area contributed by atoms with E-state index < -0.39 is 0 Å². The van der Waals surface area contributed by atoms with Crippen LogP contribution in [0.2, 0.25) is 0 Å². The van der Waals surface area contributed by atoms with E-state index in [1.54, 1.807) is 6.92 Å². The number of aliphatic hydroxyl groups is 1. The number of nitrogens with one attached hydrogen (secondary N) is 1. The predicted molar refractivity (Wildman–Crippen MR) is 103 cm³/mol. The molecule has 0 heterocycles. The molecule has 0 aromatic heterocycles. The number of aliphatic hydroxyl groups excluding tert-OH is 1. The van der Waals surface area contributed by atoms with Gasteiger partial charge in [-0.1, -0.05) is 95.0 Å². The molecule has 0 atom stereocenters. The van der Waals surface area contributed by atoms with Crippen molar-refractivity contribution in [3.8, 4) is 0 Å². The van der Waals surface area contributed by atoms with Gasteiger partial charge in [0.25, 0.3) is 0 Å². The number of hydrogen-bond donors (Lipinski definition) is 2. The van der Waals surface area contributed by atoms with Gasteiger partial charge in [0.05, 0.1) is 0 Å². The van der Waals surface area contributed by atoms with Gasteiger partial charge in [0.1, 0.15) is 0 Å². The molecule has 0 spiro atoms. The minimum absolute atomic E-state index is 0.250. The summed E-state index contributed by atoms with van der Waals surface area (Å²) in [7, 11) is 0. The van der Waals surface area contributed by atoms with Crippen LogP contribution in [0, 0.1) is 0 Å². The third kappa shape index (κ3) is 17.3. The van der Waals surface area contributed by atoms with Crippen LogP contribution >= 0.6 is 0 Å². The maximum atomic E-state index is 7.57. The summed E-state index contributed by atoms with van der Waals surface area (Å²) >= 11 is 0. The van der Waals surface area contributed by atoms with Crippen molar-refractivity contribution >= 4 is 0 Å². The Kier molecular flexibility index (Phi) is 18.5. The van der Waals surface area contributed by atoms with Crippen molar-refractivity contribution in [3.05, 3.63) is 35.9 Å². The highest BCUT2D eigenvalue weighted by Crippen LogP contribution is 2.10. The Balaban J connectivity index is 0.00000149. The lowest BCUT2D eigenvalue weighted by atomic mass is 10.1. The normalized spacial score (nSPS) is 10.2. The van der Waals surface area contributed by atoms with Gasteiger partial charge in [-0.3, -0.25) is 0 Å². The molecule has 0 saturated carbocycles. The van der Waals surface area contributed by atoms with Crippen molar-refractivity contribution in [2.45, 2.75) is 84.6 Å². The minimum atomic E-state index is 0.250. The Morgan fingerprint density at radius 2 is 1.22 bits per heavy atom. The van der Waals surface area contributed by atoms with E-state index >= 15 is 0 Å². The van der Waals surface area contributed by atoms with E-state index in [-0.39, 0.29) is 6.61 Å². The van der Waals surface area contributed by atoms with Crippen molar-refractivity contribution < 1.29 is 5.11 Å². The second-order valence-electron chi connectivity index (χ2n) is 6.16. The smallest absolute Gasteiger partial charge is 0.0402 e. The van der Waals surface area contributed by atoms with Gasteiger partial charge in [0, 0.05) is 13.2 Å². The van der Waals surface area contributed by atoms with Gasteiger partial charge in [-0.05, 0) is 25.5 Å². The number of benzene rings is 1. The standard InChI is InChI=1S/C19H33N.C2H6O/c1-2-3-4-5-6-7-8-9-10-14-17-20-18-19-15-12-11-13-16-19;1-2-3/h11-13,15-16,20H,2-10,14,17-18H2,1H3;3H,2H2,1H3. The summed E-state index contributed by atoms with van der Waals surface area (Å²) in [5.74, 6) is 0. The van der Waals surface area contributed by atoms with Crippen LogP contribution < -0.4 is 5.32 Å². The molecular formula is C21H39NO. The highest BCUT2D eigenvalue weighted by molar-refractivity contribution is 5.14. The fourth-order valence-corrected chi connectivity index (χ4v) is 2.57. The molecule has 0 aliphatic carbocycles. The zero-order chi connectivity index (χ0) is 17.0. The number of hydrogen-bond acceptors (Lipinski definition) is 2. The lowest BCUT2D eigenvalue weighted by Gasteiger charge is -2.05. The topological polar surface area (TPSA) is 32.3 Å². The van der Waals surface area contributed by atoms with E-state index in [2.05, 4.69) is 42.6 Å². The van der Waals surface area contributed by atoms with E-state index in [1.807, 2.05) is 0 Å². The summed E-state index contributed by atoms with van der Waals surface area (Å²) in [6.45, 7) is 6.38. The third-order valence-electron chi connectivity index (χ3n) is 3.88. The first-order valence-corrected chi connectivity index (χ1v) is 9.70. The number of unbranched alkanes of at least 4 members (excludes halogenated alkanes) is 9. The van der Waals surface area contributed by atoms with Crippen molar-refractivity contribution in [1.29, 1.82) is 0 Å². The summed E-state index contributed by atoms with van der Waals surface area (Å²) in [6.07, 6.45) is 14.1. The molecule has 1 rings (SSSR count). The monoisotopic (exact) mass is 321 g/mol. The molecule has 23 heavy (non-hydrogen) atoms. The van der Waals surface area contributed by atoms with Gasteiger partial charge in [0.15, 0.2) is 0 Å². The lowest BCUT2D eigenvalue weighted by molar-refractivity contribution is 0.318. The Labute approximate surface area is 144 Å². The zero-order valence-corrected chi connectivity index (χ0v) is 15.5. The van der Waals surface area contributed by atoms with Crippen LogP contribution in [0.15, 0.2) is 30.3 Å². The van der Waals surface area contributed by atoms with E-state index in [0.717, 1.165) is 13.1 Å². The van der Waals surface area contributed by atoms with E-state index in [4.69, 9.17) is 5.11 Å². The highest BCUT2D eigenvalue weighted by Gasteiger charge is 1.93. The van der Waals surface area contributed by atoms with Crippen LogP contribution in [0.1, 0.15) is 83.6 Å². The van der Waals surface area contributed by atoms with Gasteiger partial charge >= 0.3 is 0 Å². The molecule has 0 bridgehead atoms. The largest absolute Gasteiger partial charge is 0.397 e. The fourth-order valence-electron chi connectivity index (χ4n) is 2.57. The molecule has 1 aromatic rings. The molecule has 2 nitrogen and oxygen atoms in total. The van der Waals surface area contributed by atoms with Crippen LogP contribution in [-0.2, 0) is 6.54 Å². The first-order chi connectivity index (χ1) is 11.3. The van der Waals surface area contributed by atoms with Crippen LogP contribution in [0.4, 0.5) is 0 Å². The van der Waals surface area contributed by atoms with Crippen LogP contribution in [0.3, 0.4) is 0 Å². The summed E-state index contributed by atoms with van der Waals surface area (Å²) in [6, 6.07) is 10.7. The van der Waals surface area contributed by atoms with Crippen molar-refractivity contribution in [2.75, 3.05) is 13.2 Å². The summed E-state index contributed by atoms with van der Waals surface area (Å²) in [4.78, 5) is 0. The molecular weight excluding hydrogens is 282 g/mol. The predicted octanol–water partition coefficient (Wildman–Crippen LogP) is 5.70. The third-order valence-corrected chi connectivity index (χ3v) is 3.88. The van der Waals surface area contributed by atoms with Crippen LogP contribution in [0.25, 0.3) is 0 Å². The highest BCUT2D eigenvalue weighted by atomic mass is 16.2. The quantitative estimate of drug-likeness (QED) is 0.457. The maximum Gasteiger partial charge on any atom is 0.0402 e. The molecule has 0 saturated heterocycles. The average molecular weight is 322 g/mol. The molecule has 0 amide bonds. The van der Waals surface area contributed by atoms with E-state index in [9.17, 15) is 0 Å². The first kappa shape index (κ1) is 22.1. The SMILES string of the molecule is CCCCCCCCCCCCNCc1ccccc1.CCO. The minimum Gasteiger partial charge on any atom is -0.397 e. The molecule has 2 N–H and O–H groups in total. The number of rotatable bonds is 13. The van der Waals surface area contributed by atoms with Crippen molar-refractivity contribution in [3.63, 3.8) is 0 Å². The van der Waals surface area contributed by atoms with E-state index in [1.165, 1.54) is 69.8 Å². The molecule has 0 radical (unpaired) electrons. The van der Waals surface area contributed by atoms with Gasteiger partial charge in [0.2, 0.25) is 0 Å². The maximum absolute atomic E-state index is 7.57. The van der Waals surface area contributed by atoms with Gasteiger partial charge in [-0.25, -0.2) is 0 Å². The van der Waals surface area contributed by atoms with E-state index in [0.29, 0.717) is 0 Å². The van der Waals surface area contributed by atoms with Crippen LogP contribution in [-0.4, -0.2) is 18.3 Å². The Bertz CT molecular complexity index is 313.